The third-order valence-corrected chi connectivity index (χ3v) is 3.28. The van der Waals surface area contributed by atoms with Crippen LogP contribution >= 0.6 is 0 Å². The lowest BCUT2D eigenvalue weighted by molar-refractivity contribution is 0.0136. The van der Waals surface area contributed by atoms with Crippen molar-refractivity contribution in [2.45, 2.75) is 31.9 Å². The summed E-state index contributed by atoms with van der Waals surface area (Å²) in [6, 6.07) is 3.21. The van der Waals surface area contributed by atoms with E-state index < -0.39 is 17.7 Å². The highest BCUT2D eigenvalue weighted by Gasteiger charge is 2.23. The number of carbonyl (C=O) groups excluding carboxylic acids is 1. The van der Waals surface area contributed by atoms with Crippen LogP contribution in [0, 0.1) is 5.82 Å². The van der Waals surface area contributed by atoms with E-state index in [0.29, 0.717) is 19.4 Å². The van der Waals surface area contributed by atoms with Gasteiger partial charge in [-0.3, -0.25) is 4.79 Å². The van der Waals surface area contributed by atoms with Crippen LogP contribution in [-0.4, -0.2) is 35.7 Å². The summed E-state index contributed by atoms with van der Waals surface area (Å²) >= 11 is 0. The molecule has 0 aromatic heterocycles. The fourth-order valence-electron chi connectivity index (χ4n) is 2.22. The summed E-state index contributed by atoms with van der Waals surface area (Å²) < 4.78 is 19.1. The summed E-state index contributed by atoms with van der Waals surface area (Å²) in [5, 5.41) is 11.5. The van der Waals surface area contributed by atoms with Crippen molar-refractivity contribution < 1.29 is 23.8 Å². The fraction of sp³-hybridized carbons (Fsp3) is 0.429. The molecule has 2 rings (SSSR count). The predicted molar refractivity (Wildman–Crippen MR) is 69.3 cm³/mol. The third-order valence-electron chi connectivity index (χ3n) is 3.28. The zero-order valence-electron chi connectivity index (χ0n) is 11.1. The summed E-state index contributed by atoms with van der Waals surface area (Å²) in [4.78, 5) is 22.7. The molecule has 1 aromatic rings. The molecule has 0 saturated carbocycles. The van der Waals surface area contributed by atoms with E-state index in [2.05, 4.69) is 5.32 Å². The Labute approximate surface area is 115 Å². The van der Waals surface area contributed by atoms with Crippen molar-refractivity contribution in [3.63, 3.8) is 0 Å². The van der Waals surface area contributed by atoms with Crippen LogP contribution in [0.15, 0.2) is 18.2 Å². The molecule has 2 atom stereocenters. The Balaban J connectivity index is 2.07. The van der Waals surface area contributed by atoms with Gasteiger partial charge in [-0.15, -0.1) is 0 Å². The van der Waals surface area contributed by atoms with Crippen molar-refractivity contribution >= 4 is 11.9 Å². The topological polar surface area (TPSA) is 75.6 Å². The van der Waals surface area contributed by atoms with E-state index in [1.54, 1.807) is 0 Å². The highest BCUT2D eigenvalue weighted by Crippen LogP contribution is 2.15. The van der Waals surface area contributed by atoms with Gasteiger partial charge in [0.25, 0.3) is 5.91 Å². The van der Waals surface area contributed by atoms with Crippen molar-refractivity contribution in [1.29, 1.82) is 0 Å². The summed E-state index contributed by atoms with van der Waals surface area (Å²) in [6.45, 7) is 2.48. The Morgan fingerprint density at radius 1 is 1.45 bits per heavy atom. The van der Waals surface area contributed by atoms with Gasteiger partial charge in [0.1, 0.15) is 5.82 Å². The highest BCUT2D eigenvalue weighted by molar-refractivity contribution is 5.96. The lowest BCUT2D eigenvalue weighted by Gasteiger charge is -2.28. The second-order valence-corrected chi connectivity index (χ2v) is 4.88. The number of ether oxygens (including phenoxy) is 1. The second-order valence-electron chi connectivity index (χ2n) is 4.88. The molecule has 0 aliphatic carbocycles. The lowest BCUT2D eigenvalue weighted by Crippen LogP contribution is -2.41. The van der Waals surface area contributed by atoms with Crippen molar-refractivity contribution in [1.82, 2.24) is 5.32 Å². The van der Waals surface area contributed by atoms with Gasteiger partial charge in [-0.2, -0.15) is 0 Å². The standard InChI is InChI=1S/C14H16FNO4/c1-8-6-10(4-5-20-8)16-13(17)11-3-2-9(14(18)19)7-12(11)15/h2-3,7-8,10H,4-6H2,1H3,(H,16,17)(H,18,19). The molecule has 1 amide bonds. The minimum atomic E-state index is -1.23. The number of benzene rings is 1. The molecule has 2 N–H and O–H groups in total. The lowest BCUT2D eigenvalue weighted by atomic mass is 10.0. The van der Waals surface area contributed by atoms with Crippen molar-refractivity contribution in [2.24, 2.45) is 0 Å². The van der Waals surface area contributed by atoms with Crippen LogP contribution < -0.4 is 5.32 Å². The molecule has 108 valence electrons. The van der Waals surface area contributed by atoms with Gasteiger partial charge in [0.2, 0.25) is 0 Å². The van der Waals surface area contributed by atoms with Gasteiger partial charge in [-0.1, -0.05) is 0 Å². The zero-order chi connectivity index (χ0) is 14.7. The molecule has 6 heteroatoms. The molecule has 0 spiro atoms. The normalized spacial score (nSPS) is 22.3. The smallest absolute Gasteiger partial charge is 0.335 e. The van der Waals surface area contributed by atoms with Crippen LogP contribution in [0.5, 0.6) is 0 Å². The number of carboxylic acid groups (broad SMARTS) is 1. The van der Waals surface area contributed by atoms with Crippen LogP contribution in [0.4, 0.5) is 4.39 Å². The van der Waals surface area contributed by atoms with E-state index in [1.165, 1.54) is 12.1 Å². The summed E-state index contributed by atoms with van der Waals surface area (Å²) in [5.74, 6) is -2.59. The molecule has 1 fully saturated rings. The number of rotatable bonds is 3. The van der Waals surface area contributed by atoms with E-state index in [9.17, 15) is 14.0 Å². The average Bonchev–Trinajstić information content (AvgIpc) is 2.38. The number of hydrogen-bond donors (Lipinski definition) is 2. The van der Waals surface area contributed by atoms with E-state index in [0.717, 1.165) is 6.07 Å². The maximum Gasteiger partial charge on any atom is 0.335 e. The van der Waals surface area contributed by atoms with Crippen LogP contribution in [0.3, 0.4) is 0 Å². The first kappa shape index (κ1) is 14.5. The molecule has 2 unspecified atom stereocenters. The monoisotopic (exact) mass is 281 g/mol. The van der Waals surface area contributed by atoms with Gasteiger partial charge >= 0.3 is 5.97 Å². The number of amides is 1. The molecule has 1 aliphatic rings. The molecule has 0 radical (unpaired) electrons. The quantitative estimate of drug-likeness (QED) is 0.886. The van der Waals surface area contributed by atoms with Crippen molar-refractivity contribution in [3.8, 4) is 0 Å². The van der Waals surface area contributed by atoms with E-state index in [4.69, 9.17) is 9.84 Å². The SMILES string of the molecule is CC1CC(NC(=O)c2ccc(C(=O)O)cc2F)CCO1. The largest absolute Gasteiger partial charge is 0.478 e. The first-order valence-corrected chi connectivity index (χ1v) is 6.42. The minimum Gasteiger partial charge on any atom is -0.478 e. The van der Waals surface area contributed by atoms with E-state index in [1.807, 2.05) is 6.92 Å². The fourth-order valence-corrected chi connectivity index (χ4v) is 2.22. The highest BCUT2D eigenvalue weighted by atomic mass is 19.1. The summed E-state index contributed by atoms with van der Waals surface area (Å²) in [6.07, 6.45) is 1.43. The first-order chi connectivity index (χ1) is 9.47. The third kappa shape index (κ3) is 3.33. The number of halogens is 1. The number of carbonyl (C=O) groups is 2. The van der Waals surface area contributed by atoms with Gasteiger partial charge in [0.15, 0.2) is 0 Å². The second kappa shape index (κ2) is 6.00. The number of aromatic carboxylic acids is 1. The average molecular weight is 281 g/mol. The molecule has 5 nitrogen and oxygen atoms in total. The molecule has 1 aliphatic heterocycles. The van der Waals surface area contributed by atoms with Gasteiger partial charge in [-0.25, -0.2) is 9.18 Å². The molecule has 1 aromatic carbocycles. The van der Waals surface area contributed by atoms with Gasteiger partial charge in [0.05, 0.1) is 17.2 Å². The Hall–Kier alpha value is -1.95. The van der Waals surface area contributed by atoms with Gasteiger partial charge in [0, 0.05) is 12.6 Å². The minimum absolute atomic E-state index is 0.0511. The Morgan fingerprint density at radius 3 is 2.80 bits per heavy atom. The van der Waals surface area contributed by atoms with Crippen molar-refractivity contribution in [3.05, 3.63) is 35.1 Å². The van der Waals surface area contributed by atoms with E-state index >= 15 is 0 Å². The van der Waals surface area contributed by atoms with Crippen LogP contribution in [-0.2, 0) is 4.74 Å². The molecule has 20 heavy (non-hydrogen) atoms. The molecule has 0 bridgehead atoms. The predicted octanol–water partition coefficient (Wildman–Crippen LogP) is 1.82. The molecule has 1 saturated heterocycles. The maximum atomic E-state index is 13.7. The van der Waals surface area contributed by atoms with E-state index in [-0.39, 0.29) is 23.3 Å². The van der Waals surface area contributed by atoms with Crippen LogP contribution in [0.1, 0.15) is 40.5 Å². The van der Waals surface area contributed by atoms with Crippen LogP contribution in [0.2, 0.25) is 0 Å². The molecular formula is C14H16FNO4. The Kier molecular flexibility index (Phi) is 4.34. The Morgan fingerprint density at radius 2 is 2.20 bits per heavy atom. The van der Waals surface area contributed by atoms with Gasteiger partial charge < -0.3 is 15.2 Å². The zero-order valence-corrected chi connectivity index (χ0v) is 11.1. The summed E-state index contributed by atoms with van der Waals surface area (Å²) in [5.41, 5.74) is -0.326. The number of nitrogens with one attached hydrogen (secondary N) is 1. The molecular weight excluding hydrogens is 265 g/mol. The number of carboxylic acids is 1. The first-order valence-electron chi connectivity index (χ1n) is 6.42. The number of hydrogen-bond acceptors (Lipinski definition) is 3. The maximum absolute atomic E-state index is 13.7. The van der Waals surface area contributed by atoms with Gasteiger partial charge in [-0.05, 0) is 38.0 Å². The summed E-state index contributed by atoms with van der Waals surface area (Å²) in [7, 11) is 0. The van der Waals surface area contributed by atoms with Crippen molar-refractivity contribution in [2.75, 3.05) is 6.61 Å². The Bertz CT molecular complexity index is 532. The van der Waals surface area contributed by atoms with Crippen LogP contribution in [0.25, 0.3) is 0 Å². The molecule has 1 heterocycles.